The van der Waals surface area contributed by atoms with E-state index in [1.165, 1.54) is 0 Å². The SMILES string of the molecule is Cc1cncc(C(NN)c2cc(Br)sc2Br)c1. The van der Waals surface area contributed by atoms with E-state index in [0.717, 1.165) is 24.3 Å². The zero-order valence-corrected chi connectivity index (χ0v) is 13.1. The molecule has 0 bridgehead atoms. The van der Waals surface area contributed by atoms with Crippen LogP contribution in [-0.2, 0) is 0 Å². The number of thiophene rings is 1. The zero-order chi connectivity index (χ0) is 12.4. The Bertz CT molecular complexity index is 527. The number of pyridine rings is 1. The highest BCUT2D eigenvalue weighted by Crippen LogP contribution is 2.37. The molecule has 90 valence electrons. The number of aromatic nitrogens is 1. The minimum absolute atomic E-state index is 0.0562. The molecule has 2 rings (SSSR count). The van der Waals surface area contributed by atoms with Gasteiger partial charge in [-0.15, -0.1) is 11.3 Å². The average molecular weight is 377 g/mol. The molecule has 17 heavy (non-hydrogen) atoms. The van der Waals surface area contributed by atoms with Crippen molar-refractivity contribution in [3.05, 3.63) is 48.8 Å². The fraction of sp³-hybridized carbons (Fsp3) is 0.182. The summed E-state index contributed by atoms with van der Waals surface area (Å²) < 4.78 is 2.13. The molecule has 6 heteroatoms. The van der Waals surface area contributed by atoms with E-state index in [4.69, 9.17) is 5.84 Å². The van der Waals surface area contributed by atoms with Gasteiger partial charge in [0.15, 0.2) is 0 Å². The number of nitrogens with two attached hydrogens (primary N) is 1. The fourth-order valence-corrected chi connectivity index (χ4v) is 4.55. The van der Waals surface area contributed by atoms with E-state index in [1.807, 2.05) is 19.3 Å². The standard InChI is InChI=1S/C11H11Br2N3S/c1-6-2-7(5-15-4-6)10(16-14)8-3-9(12)17-11(8)13/h2-5,10,16H,14H2,1H3. The summed E-state index contributed by atoms with van der Waals surface area (Å²) >= 11 is 8.65. The Kier molecular flexibility index (Phi) is 4.32. The van der Waals surface area contributed by atoms with Crippen molar-refractivity contribution in [2.75, 3.05) is 0 Å². The largest absolute Gasteiger partial charge is 0.271 e. The molecule has 0 fully saturated rings. The fourth-order valence-electron chi connectivity index (χ4n) is 1.65. The van der Waals surface area contributed by atoms with Gasteiger partial charge in [0.1, 0.15) is 0 Å². The number of nitrogens with zero attached hydrogens (tertiary/aromatic N) is 1. The lowest BCUT2D eigenvalue weighted by Crippen LogP contribution is -2.28. The van der Waals surface area contributed by atoms with Crippen molar-refractivity contribution in [1.29, 1.82) is 0 Å². The van der Waals surface area contributed by atoms with Crippen molar-refractivity contribution in [3.63, 3.8) is 0 Å². The monoisotopic (exact) mass is 375 g/mol. The highest BCUT2D eigenvalue weighted by atomic mass is 79.9. The van der Waals surface area contributed by atoms with Crippen LogP contribution >= 0.6 is 43.2 Å². The molecule has 2 heterocycles. The Morgan fingerprint density at radius 1 is 1.35 bits per heavy atom. The number of hydrogen-bond acceptors (Lipinski definition) is 4. The molecule has 0 amide bonds. The Morgan fingerprint density at radius 3 is 2.65 bits per heavy atom. The van der Waals surface area contributed by atoms with Gasteiger partial charge in [0.2, 0.25) is 0 Å². The lowest BCUT2D eigenvalue weighted by atomic mass is 10.0. The third-order valence-corrected chi connectivity index (χ3v) is 4.78. The van der Waals surface area contributed by atoms with Crippen molar-refractivity contribution < 1.29 is 0 Å². The van der Waals surface area contributed by atoms with E-state index in [2.05, 4.69) is 54.4 Å². The van der Waals surface area contributed by atoms with Crippen LogP contribution in [0.4, 0.5) is 0 Å². The van der Waals surface area contributed by atoms with E-state index in [0.29, 0.717) is 0 Å². The van der Waals surface area contributed by atoms with Crippen LogP contribution in [0.2, 0.25) is 0 Å². The van der Waals surface area contributed by atoms with Gasteiger partial charge in [0, 0.05) is 18.0 Å². The van der Waals surface area contributed by atoms with Crippen LogP contribution in [0.1, 0.15) is 22.7 Å². The highest BCUT2D eigenvalue weighted by molar-refractivity contribution is 9.12. The number of nitrogens with one attached hydrogen (secondary N) is 1. The number of halogens is 2. The normalized spacial score (nSPS) is 12.7. The van der Waals surface area contributed by atoms with Gasteiger partial charge in [0.25, 0.3) is 0 Å². The maximum Gasteiger partial charge on any atom is 0.0762 e. The smallest absolute Gasteiger partial charge is 0.0762 e. The van der Waals surface area contributed by atoms with Crippen molar-refractivity contribution in [3.8, 4) is 0 Å². The van der Waals surface area contributed by atoms with Gasteiger partial charge in [-0.3, -0.25) is 10.8 Å². The number of aryl methyl sites for hydroxylation is 1. The predicted octanol–water partition coefficient (Wildman–Crippen LogP) is 3.53. The molecule has 0 saturated carbocycles. The van der Waals surface area contributed by atoms with Crippen LogP contribution in [0.3, 0.4) is 0 Å². The summed E-state index contributed by atoms with van der Waals surface area (Å²) in [6, 6.07) is 4.08. The van der Waals surface area contributed by atoms with E-state index >= 15 is 0 Å². The molecule has 0 aromatic carbocycles. The van der Waals surface area contributed by atoms with Gasteiger partial charge in [-0.2, -0.15) is 0 Å². The van der Waals surface area contributed by atoms with Crippen molar-refractivity contribution in [2.45, 2.75) is 13.0 Å². The van der Waals surface area contributed by atoms with Gasteiger partial charge >= 0.3 is 0 Å². The van der Waals surface area contributed by atoms with Crippen LogP contribution in [0.25, 0.3) is 0 Å². The minimum atomic E-state index is -0.0562. The van der Waals surface area contributed by atoms with Crippen LogP contribution < -0.4 is 11.3 Å². The zero-order valence-electron chi connectivity index (χ0n) is 9.08. The Hall–Kier alpha value is -0.270. The molecule has 0 aliphatic heterocycles. The second kappa shape index (κ2) is 5.58. The quantitative estimate of drug-likeness (QED) is 0.636. The Balaban J connectivity index is 2.43. The molecular formula is C11H11Br2N3S. The Morgan fingerprint density at radius 2 is 2.12 bits per heavy atom. The molecule has 0 saturated heterocycles. The van der Waals surface area contributed by atoms with Gasteiger partial charge < -0.3 is 0 Å². The van der Waals surface area contributed by atoms with E-state index in [-0.39, 0.29) is 6.04 Å². The van der Waals surface area contributed by atoms with Crippen molar-refractivity contribution in [2.24, 2.45) is 5.84 Å². The number of hydrogen-bond donors (Lipinski definition) is 2. The minimum Gasteiger partial charge on any atom is -0.271 e. The summed E-state index contributed by atoms with van der Waals surface area (Å²) in [5.41, 5.74) is 6.11. The van der Waals surface area contributed by atoms with Crippen LogP contribution in [0.15, 0.2) is 32.1 Å². The maximum atomic E-state index is 5.66. The summed E-state index contributed by atoms with van der Waals surface area (Å²) in [5, 5.41) is 0. The molecule has 0 aliphatic carbocycles. The highest BCUT2D eigenvalue weighted by Gasteiger charge is 2.18. The second-order valence-electron chi connectivity index (χ2n) is 3.67. The Labute approximate surface area is 121 Å². The topological polar surface area (TPSA) is 50.9 Å². The number of rotatable bonds is 3. The molecule has 2 aromatic heterocycles. The molecule has 2 aromatic rings. The summed E-state index contributed by atoms with van der Waals surface area (Å²) in [5.74, 6) is 5.66. The molecule has 1 atom stereocenters. The van der Waals surface area contributed by atoms with Crippen molar-refractivity contribution in [1.82, 2.24) is 10.4 Å². The summed E-state index contributed by atoms with van der Waals surface area (Å²) in [4.78, 5) is 4.20. The van der Waals surface area contributed by atoms with Crippen LogP contribution in [0, 0.1) is 6.92 Å². The number of hydrazine groups is 1. The molecular weight excluding hydrogens is 366 g/mol. The predicted molar refractivity (Wildman–Crippen MR) is 77.9 cm³/mol. The molecule has 1 unspecified atom stereocenters. The van der Waals surface area contributed by atoms with E-state index in [9.17, 15) is 0 Å². The summed E-state index contributed by atoms with van der Waals surface area (Å²) in [6.07, 6.45) is 3.66. The molecule has 0 spiro atoms. The first-order valence-corrected chi connectivity index (χ1v) is 7.34. The van der Waals surface area contributed by atoms with Crippen LogP contribution in [0.5, 0.6) is 0 Å². The third-order valence-electron chi connectivity index (χ3n) is 2.39. The maximum absolute atomic E-state index is 5.66. The first kappa shape index (κ1) is 13.2. The average Bonchev–Trinajstić information content (AvgIpc) is 2.59. The molecule has 3 nitrogen and oxygen atoms in total. The first-order chi connectivity index (χ1) is 8.11. The summed E-state index contributed by atoms with van der Waals surface area (Å²) in [6.45, 7) is 2.02. The summed E-state index contributed by atoms with van der Waals surface area (Å²) in [7, 11) is 0. The molecule has 0 radical (unpaired) electrons. The lowest BCUT2D eigenvalue weighted by Gasteiger charge is -2.15. The van der Waals surface area contributed by atoms with Gasteiger partial charge in [-0.1, -0.05) is 6.07 Å². The van der Waals surface area contributed by atoms with Gasteiger partial charge in [0.05, 0.1) is 13.6 Å². The lowest BCUT2D eigenvalue weighted by molar-refractivity contribution is 0.634. The van der Waals surface area contributed by atoms with Crippen molar-refractivity contribution >= 4 is 43.2 Å². The van der Waals surface area contributed by atoms with E-state index < -0.39 is 0 Å². The first-order valence-electron chi connectivity index (χ1n) is 4.94. The van der Waals surface area contributed by atoms with Crippen LogP contribution in [-0.4, -0.2) is 4.98 Å². The molecule has 3 N–H and O–H groups in total. The molecule has 0 aliphatic rings. The van der Waals surface area contributed by atoms with E-state index in [1.54, 1.807) is 11.3 Å². The third kappa shape index (κ3) is 2.95. The van der Waals surface area contributed by atoms with Gasteiger partial charge in [-0.05, 0) is 56.0 Å². The van der Waals surface area contributed by atoms with Gasteiger partial charge in [-0.25, -0.2) is 5.43 Å². The second-order valence-corrected chi connectivity index (χ2v) is 7.42.